The molecule has 0 saturated carbocycles. The number of nitrogens with zero attached hydrogens (tertiary/aromatic N) is 3. The zero-order valence-electron chi connectivity index (χ0n) is 15.4. The van der Waals surface area contributed by atoms with Crippen molar-refractivity contribution in [1.82, 2.24) is 14.9 Å². The average molecular weight is 375 g/mol. The number of aryl methyl sites for hydroxylation is 1. The lowest BCUT2D eigenvalue weighted by atomic mass is 10.0. The van der Waals surface area contributed by atoms with Crippen LogP contribution in [0.4, 0.5) is 0 Å². The Kier molecular flexibility index (Phi) is 5.03. The van der Waals surface area contributed by atoms with Crippen LogP contribution in [0.25, 0.3) is 5.57 Å². The molecule has 1 aliphatic heterocycles. The van der Waals surface area contributed by atoms with Crippen LogP contribution in [0.5, 0.6) is 0 Å². The Morgan fingerprint density at radius 1 is 1.11 bits per heavy atom. The molecular weight excluding hydrogens is 354 g/mol. The largest absolute Gasteiger partial charge is 0.491 e. The van der Waals surface area contributed by atoms with Gasteiger partial charge in [0.25, 0.3) is 0 Å². The Morgan fingerprint density at radius 2 is 1.89 bits per heavy atom. The molecule has 1 unspecified atom stereocenters. The quantitative estimate of drug-likeness (QED) is 0.631. The lowest BCUT2D eigenvalue weighted by molar-refractivity contribution is 0.145. The number of thiazole rings is 1. The molecule has 0 aliphatic carbocycles. The molecule has 136 valence electrons. The van der Waals surface area contributed by atoms with E-state index in [-0.39, 0.29) is 6.04 Å². The summed E-state index contributed by atoms with van der Waals surface area (Å²) in [5.74, 6) is 0.915. The van der Waals surface area contributed by atoms with Gasteiger partial charge in [0.1, 0.15) is 23.4 Å². The number of allylic oxidation sites excluding steroid dienone is 2. The van der Waals surface area contributed by atoms with Crippen molar-refractivity contribution < 1.29 is 4.74 Å². The summed E-state index contributed by atoms with van der Waals surface area (Å²) in [6.07, 6.45) is 7.90. The highest BCUT2D eigenvalue weighted by Crippen LogP contribution is 2.37. The summed E-state index contributed by atoms with van der Waals surface area (Å²) in [7, 11) is 2.07. The molecule has 1 aliphatic rings. The van der Waals surface area contributed by atoms with E-state index in [1.807, 2.05) is 49.6 Å². The molecule has 4 rings (SSSR count). The number of likely N-dealkylation sites (N-methyl/N-ethyl adjacent to an activating group) is 1. The predicted molar refractivity (Wildman–Crippen MR) is 109 cm³/mol. The molecule has 5 heteroatoms. The van der Waals surface area contributed by atoms with E-state index in [4.69, 9.17) is 4.74 Å². The number of hydrogen-bond donors (Lipinski definition) is 0. The standard InChI is InChI=1S/C22H21N3OS/c1-16-15-27-22(24-16)19-12-20(26-14-17-6-4-3-5-7-17)21(25(2)13-19)18-8-10-23-11-9-18/h3-13,15,21H,14H2,1-2H3. The third-order valence-electron chi connectivity index (χ3n) is 4.45. The molecule has 0 radical (unpaired) electrons. The highest BCUT2D eigenvalue weighted by atomic mass is 32.1. The van der Waals surface area contributed by atoms with E-state index >= 15 is 0 Å². The van der Waals surface area contributed by atoms with Crippen LogP contribution in [0.1, 0.15) is 27.9 Å². The maximum absolute atomic E-state index is 6.30. The summed E-state index contributed by atoms with van der Waals surface area (Å²) >= 11 is 1.66. The summed E-state index contributed by atoms with van der Waals surface area (Å²) in [6, 6.07) is 14.3. The van der Waals surface area contributed by atoms with Gasteiger partial charge in [-0.1, -0.05) is 30.3 Å². The Bertz CT molecular complexity index is 963. The molecule has 0 bridgehead atoms. The third kappa shape index (κ3) is 3.93. The fourth-order valence-corrected chi connectivity index (χ4v) is 3.95. The van der Waals surface area contributed by atoms with E-state index in [1.165, 1.54) is 0 Å². The minimum Gasteiger partial charge on any atom is -0.491 e. The minimum atomic E-state index is 0.0153. The molecule has 3 heterocycles. The monoisotopic (exact) mass is 375 g/mol. The third-order valence-corrected chi connectivity index (χ3v) is 5.46. The summed E-state index contributed by atoms with van der Waals surface area (Å²) in [5.41, 5.74) is 4.41. The van der Waals surface area contributed by atoms with Crippen LogP contribution in [-0.4, -0.2) is 21.9 Å². The van der Waals surface area contributed by atoms with Gasteiger partial charge in [0, 0.05) is 42.3 Å². The molecule has 1 aromatic carbocycles. The van der Waals surface area contributed by atoms with Gasteiger partial charge < -0.3 is 9.64 Å². The first-order valence-corrected chi connectivity index (χ1v) is 9.73. The maximum atomic E-state index is 6.30. The first kappa shape index (κ1) is 17.5. The normalized spacial score (nSPS) is 16.7. The van der Waals surface area contributed by atoms with Gasteiger partial charge in [0.15, 0.2) is 0 Å². The van der Waals surface area contributed by atoms with Crippen LogP contribution in [0.15, 0.2) is 78.3 Å². The number of pyridine rings is 1. The van der Waals surface area contributed by atoms with Crippen molar-refractivity contribution in [3.8, 4) is 0 Å². The molecule has 0 amide bonds. The van der Waals surface area contributed by atoms with Crippen LogP contribution in [0.3, 0.4) is 0 Å². The van der Waals surface area contributed by atoms with Crippen molar-refractivity contribution in [2.45, 2.75) is 19.6 Å². The molecule has 2 aromatic heterocycles. The van der Waals surface area contributed by atoms with Gasteiger partial charge in [-0.25, -0.2) is 4.98 Å². The SMILES string of the molecule is Cc1csc(C2=CN(C)C(c3ccncc3)C(OCc3ccccc3)=C2)n1. The lowest BCUT2D eigenvalue weighted by Crippen LogP contribution is -2.25. The molecule has 0 spiro atoms. The van der Waals surface area contributed by atoms with Crippen LogP contribution in [0.2, 0.25) is 0 Å². The fourth-order valence-electron chi connectivity index (χ4n) is 3.17. The van der Waals surface area contributed by atoms with E-state index in [1.54, 1.807) is 11.3 Å². The molecule has 0 fully saturated rings. The zero-order valence-corrected chi connectivity index (χ0v) is 16.2. The van der Waals surface area contributed by atoms with Gasteiger partial charge in [-0.2, -0.15) is 0 Å². The number of ether oxygens (including phenoxy) is 1. The second-order valence-corrected chi connectivity index (χ2v) is 7.41. The van der Waals surface area contributed by atoms with Gasteiger partial charge in [-0.15, -0.1) is 11.3 Å². The number of hydrogen-bond acceptors (Lipinski definition) is 5. The molecule has 4 nitrogen and oxygen atoms in total. The summed E-state index contributed by atoms with van der Waals surface area (Å²) < 4.78 is 6.30. The van der Waals surface area contributed by atoms with Gasteiger partial charge in [0.05, 0.1) is 0 Å². The van der Waals surface area contributed by atoms with Gasteiger partial charge in [-0.05, 0) is 36.3 Å². The highest BCUT2D eigenvalue weighted by Gasteiger charge is 2.27. The summed E-state index contributed by atoms with van der Waals surface area (Å²) in [6.45, 7) is 2.55. The second-order valence-electron chi connectivity index (χ2n) is 6.55. The Labute approximate surface area is 163 Å². The Morgan fingerprint density at radius 3 is 2.59 bits per heavy atom. The molecule has 1 atom stereocenters. The van der Waals surface area contributed by atoms with Crippen molar-refractivity contribution in [1.29, 1.82) is 0 Å². The second kappa shape index (κ2) is 7.76. The Balaban J connectivity index is 1.67. The minimum absolute atomic E-state index is 0.0153. The average Bonchev–Trinajstić information content (AvgIpc) is 3.14. The van der Waals surface area contributed by atoms with Crippen molar-refractivity contribution in [3.63, 3.8) is 0 Å². The highest BCUT2D eigenvalue weighted by molar-refractivity contribution is 7.10. The van der Waals surface area contributed by atoms with Crippen LogP contribution < -0.4 is 0 Å². The molecule has 27 heavy (non-hydrogen) atoms. The topological polar surface area (TPSA) is 38.2 Å². The van der Waals surface area contributed by atoms with Crippen molar-refractivity contribution in [2.75, 3.05) is 7.05 Å². The van der Waals surface area contributed by atoms with E-state index in [0.29, 0.717) is 6.61 Å². The van der Waals surface area contributed by atoms with Crippen molar-refractivity contribution in [3.05, 3.63) is 100 Å². The van der Waals surface area contributed by atoms with Crippen LogP contribution in [-0.2, 0) is 11.3 Å². The molecule has 0 saturated heterocycles. The van der Waals surface area contributed by atoms with Gasteiger partial charge >= 0.3 is 0 Å². The van der Waals surface area contributed by atoms with Crippen LogP contribution >= 0.6 is 11.3 Å². The van der Waals surface area contributed by atoms with E-state index in [2.05, 4.69) is 51.7 Å². The predicted octanol–water partition coefficient (Wildman–Crippen LogP) is 4.97. The van der Waals surface area contributed by atoms with Gasteiger partial charge in [-0.3, -0.25) is 4.98 Å². The van der Waals surface area contributed by atoms with Crippen molar-refractivity contribution >= 4 is 16.9 Å². The van der Waals surface area contributed by atoms with Crippen LogP contribution in [0, 0.1) is 6.92 Å². The maximum Gasteiger partial charge on any atom is 0.125 e. The van der Waals surface area contributed by atoms with E-state index < -0.39 is 0 Å². The molecular formula is C22H21N3OS. The lowest BCUT2D eigenvalue weighted by Gasteiger charge is -2.33. The molecule has 3 aromatic rings. The van der Waals surface area contributed by atoms with Crippen molar-refractivity contribution in [2.24, 2.45) is 0 Å². The fraction of sp³-hybridized carbons (Fsp3) is 0.182. The first-order chi connectivity index (χ1) is 13.2. The zero-order chi connectivity index (χ0) is 18.6. The Hall–Kier alpha value is -2.92. The van der Waals surface area contributed by atoms with E-state index in [0.717, 1.165) is 33.2 Å². The summed E-state index contributed by atoms with van der Waals surface area (Å²) in [4.78, 5) is 11.0. The van der Waals surface area contributed by atoms with Gasteiger partial charge in [0.2, 0.25) is 0 Å². The number of rotatable bonds is 5. The number of aromatic nitrogens is 2. The molecule has 0 N–H and O–H groups in total. The number of benzene rings is 1. The smallest absolute Gasteiger partial charge is 0.125 e. The first-order valence-electron chi connectivity index (χ1n) is 8.85. The summed E-state index contributed by atoms with van der Waals surface area (Å²) in [5, 5.41) is 3.08. The van der Waals surface area contributed by atoms with E-state index in [9.17, 15) is 0 Å².